The van der Waals surface area contributed by atoms with Crippen molar-refractivity contribution in [2.24, 2.45) is 0 Å². The van der Waals surface area contributed by atoms with Crippen LogP contribution >= 0.6 is 0 Å². The normalized spacial score (nSPS) is 20.3. The molecule has 1 aromatic heterocycles. The first-order chi connectivity index (χ1) is 8.79. The van der Waals surface area contributed by atoms with Gasteiger partial charge in [-0.25, -0.2) is 0 Å². The smallest absolute Gasteiger partial charge is 0.244 e. The first-order valence-electron chi connectivity index (χ1n) is 6.77. The number of aromatic amines is 1. The second kappa shape index (κ2) is 6.70. The van der Waals surface area contributed by atoms with Crippen LogP contribution in [0.2, 0.25) is 0 Å². The third kappa shape index (κ3) is 3.68. The molecule has 0 radical (unpaired) electrons. The molecule has 1 aliphatic heterocycles. The van der Waals surface area contributed by atoms with Gasteiger partial charge in [0.15, 0.2) is 0 Å². The number of nitrogens with one attached hydrogen (secondary N) is 2. The summed E-state index contributed by atoms with van der Waals surface area (Å²) in [7, 11) is 0. The largest absolute Gasteiger partial charge is 0.381 e. The fourth-order valence-electron chi connectivity index (χ4n) is 2.07. The van der Waals surface area contributed by atoms with Crippen molar-refractivity contribution in [3.05, 3.63) is 5.82 Å². The SMILES string of the molecule is CCCOCCc1nc(N2CCN[C@H](C)C2)n[nH]1. The standard InChI is InChI=1S/C12H23N5O/c1-3-7-18-8-4-11-14-12(16-15-11)17-6-5-13-10(2)9-17/h10,13H,3-9H2,1-2H3,(H,14,15,16)/t10-/m1/s1. The van der Waals surface area contributed by atoms with Crippen molar-refractivity contribution < 1.29 is 4.74 Å². The van der Waals surface area contributed by atoms with Gasteiger partial charge in [0.05, 0.1) is 6.61 Å². The summed E-state index contributed by atoms with van der Waals surface area (Å²) in [5.74, 6) is 1.72. The zero-order valence-electron chi connectivity index (χ0n) is 11.3. The van der Waals surface area contributed by atoms with Crippen LogP contribution in [0.5, 0.6) is 0 Å². The van der Waals surface area contributed by atoms with Crippen molar-refractivity contribution in [1.29, 1.82) is 0 Å². The second-order valence-electron chi connectivity index (χ2n) is 4.75. The molecule has 0 bridgehead atoms. The molecule has 0 aliphatic carbocycles. The first-order valence-corrected chi connectivity index (χ1v) is 6.77. The Balaban J connectivity index is 1.81. The minimum atomic E-state index is 0.494. The molecule has 1 aliphatic rings. The highest BCUT2D eigenvalue weighted by Gasteiger charge is 2.19. The number of H-pyrrole nitrogens is 1. The van der Waals surface area contributed by atoms with Crippen LogP contribution in [-0.4, -0.2) is 54.1 Å². The van der Waals surface area contributed by atoms with Gasteiger partial charge in [-0.2, -0.15) is 4.98 Å². The van der Waals surface area contributed by atoms with E-state index in [9.17, 15) is 0 Å². The maximum atomic E-state index is 5.45. The van der Waals surface area contributed by atoms with Gasteiger partial charge in [0.2, 0.25) is 5.95 Å². The molecule has 1 atom stereocenters. The summed E-state index contributed by atoms with van der Waals surface area (Å²) in [5, 5.41) is 10.7. The van der Waals surface area contributed by atoms with Gasteiger partial charge < -0.3 is 15.0 Å². The predicted octanol–water partition coefficient (Wildman–Crippen LogP) is 0.572. The van der Waals surface area contributed by atoms with Gasteiger partial charge in [0.25, 0.3) is 0 Å². The molecule has 0 amide bonds. The monoisotopic (exact) mass is 253 g/mol. The van der Waals surface area contributed by atoms with Gasteiger partial charge in [-0.05, 0) is 13.3 Å². The van der Waals surface area contributed by atoms with Crippen molar-refractivity contribution in [3.63, 3.8) is 0 Å². The molecule has 1 fully saturated rings. The summed E-state index contributed by atoms with van der Waals surface area (Å²) < 4.78 is 5.45. The molecule has 0 spiro atoms. The number of piperazine rings is 1. The predicted molar refractivity (Wildman–Crippen MR) is 70.9 cm³/mol. The van der Waals surface area contributed by atoms with E-state index in [0.717, 1.165) is 50.9 Å². The maximum absolute atomic E-state index is 5.45. The van der Waals surface area contributed by atoms with E-state index in [1.807, 2.05) is 0 Å². The minimum Gasteiger partial charge on any atom is -0.381 e. The third-order valence-corrected chi connectivity index (χ3v) is 3.00. The van der Waals surface area contributed by atoms with E-state index in [2.05, 4.69) is 39.2 Å². The van der Waals surface area contributed by atoms with Crippen LogP contribution in [0.4, 0.5) is 5.95 Å². The van der Waals surface area contributed by atoms with Crippen LogP contribution in [0, 0.1) is 0 Å². The highest BCUT2D eigenvalue weighted by atomic mass is 16.5. The Bertz CT molecular complexity index is 354. The van der Waals surface area contributed by atoms with Crippen molar-refractivity contribution in [2.75, 3.05) is 37.7 Å². The maximum Gasteiger partial charge on any atom is 0.244 e. The minimum absolute atomic E-state index is 0.494. The summed E-state index contributed by atoms with van der Waals surface area (Å²) in [6.45, 7) is 8.73. The average molecular weight is 253 g/mol. The first kappa shape index (κ1) is 13.3. The van der Waals surface area contributed by atoms with Gasteiger partial charge in [-0.1, -0.05) is 6.92 Å². The molecule has 0 unspecified atom stereocenters. The molecule has 2 N–H and O–H groups in total. The third-order valence-electron chi connectivity index (χ3n) is 3.00. The molecule has 6 heteroatoms. The summed E-state index contributed by atoms with van der Waals surface area (Å²) in [4.78, 5) is 6.73. The van der Waals surface area contributed by atoms with Crippen molar-refractivity contribution in [3.8, 4) is 0 Å². The molecule has 0 aromatic carbocycles. The van der Waals surface area contributed by atoms with Crippen molar-refractivity contribution in [2.45, 2.75) is 32.7 Å². The fourth-order valence-corrected chi connectivity index (χ4v) is 2.07. The summed E-state index contributed by atoms with van der Waals surface area (Å²) in [5.41, 5.74) is 0. The second-order valence-corrected chi connectivity index (χ2v) is 4.75. The lowest BCUT2D eigenvalue weighted by molar-refractivity contribution is 0.136. The van der Waals surface area contributed by atoms with E-state index in [1.165, 1.54) is 0 Å². The van der Waals surface area contributed by atoms with Gasteiger partial charge in [-0.3, -0.25) is 5.10 Å². The Morgan fingerprint density at radius 3 is 3.11 bits per heavy atom. The van der Waals surface area contributed by atoms with Crippen LogP contribution in [0.25, 0.3) is 0 Å². The topological polar surface area (TPSA) is 66.1 Å². The van der Waals surface area contributed by atoms with E-state index in [0.29, 0.717) is 12.6 Å². The summed E-state index contributed by atoms with van der Waals surface area (Å²) in [6, 6.07) is 0.494. The van der Waals surface area contributed by atoms with Crippen molar-refractivity contribution >= 4 is 5.95 Å². The Morgan fingerprint density at radius 1 is 1.44 bits per heavy atom. The number of aromatic nitrogens is 3. The number of rotatable bonds is 6. The quantitative estimate of drug-likeness (QED) is 0.726. The number of hydrogen-bond donors (Lipinski definition) is 2. The highest BCUT2D eigenvalue weighted by Crippen LogP contribution is 2.10. The molecule has 2 rings (SSSR count). The molecule has 0 saturated carbocycles. The van der Waals surface area contributed by atoms with E-state index in [-0.39, 0.29) is 0 Å². The molecular formula is C12H23N5O. The van der Waals surface area contributed by atoms with Crippen LogP contribution in [-0.2, 0) is 11.2 Å². The van der Waals surface area contributed by atoms with E-state index in [1.54, 1.807) is 0 Å². The van der Waals surface area contributed by atoms with Gasteiger partial charge in [-0.15, -0.1) is 5.10 Å². The highest BCUT2D eigenvalue weighted by molar-refractivity contribution is 5.30. The van der Waals surface area contributed by atoms with Crippen molar-refractivity contribution in [1.82, 2.24) is 20.5 Å². The Kier molecular flexibility index (Phi) is 4.95. The Labute approximate surface area is 108 Å². The van der Waals surface area contributed by atoms with Crippen LogP contribution in [0.15, 0.2) is 0 Å². The van der Waals surface area contributed by atoms with Gasteiger partial charge in [0.1, 0.15) is 5.82 Å². The lowest BCUT2D eigenvalue weighted by atomic mass is 10.2. The molecule has 2 heterocycles. The van der Waals surface area contributed by atoms with E-state index < -0.39 is 0 Å². The van der Waals surface area contributed by atoms with Crippen LogP contribution in [0.3, 0.4) is 0 Å². The zero-order chi connectivity index (χ0) is 12.8. The number of nitrogens with zero attached hydrogens (tertiary/aromatic N) is 3. The number of ether oxygens (including phenoxy) is 1. The zero-order valence-corrected chi connectivity index (χ0v) is 11.3. The van der Waals surface area contributed by atoms with E-state index in [4.69, 9.17) is 4.74 Å². The van der Waals surface area contributed by atoms with Gasteiger partial charge >= 0.3 is 0 Å². The average Bonchev–Trinajstić information content (AvgIpc) is 2.83. The van der Waals surface area contributed by atoms with Crippen LogP contribution < -0.4 is 10.2 Å². The summed E-state index contributed by atoms with van der Waals surface area (Å²) >= 11 is 0. The molecule has 102 valence electrons. The number of anilines is 1. The van der Waals surface area contributed by atoms with E-state index >= 15 is 0 Å². The van der Waals surface area contributed by atoms with Gasteiger partial charge in [0, 0.05) is 38.7 Å². The number of hydrogen-bond acceptors (Lipinski definition) is 5. The Hall–Kier alpha value is -1.14. The summed E-state index contributed by atoms with van der Waals surface area (Å²) in [6.07, 6.45) is 1.86. The lowest BCUT2D eigenvalue weighted by Crippen LogP contribution is -2.49. The molecule has 1 saturated heterocycles. The lowest BCUT2D eigenvalue weighted by Gasteiger charge is -2.30. The molecule has 6 nitrogen and oxygen atoms in total. The Morgan fingerprint density at radius 2 is 2.33 bits per heavy atom. The fraction of sp³-hybridized carbons (Fsp3) is 0.833. The molecule has 18 heavy (non-hydrogen) atoms. The molecular weight excluding hydrogens is 230 g/mol. The van der Waals surface area contributed by atoms with Crippen LogP contribution in [0.1, 0.15) is 26.1 Å². The molecule has 1 aromatic rings.